The standard InChI is InChI=1S/C52H80NO9P/c1-6-8-10-11-12-13-14-15-16-17-18-19-20-23-27-30-33-36-40-44-52(56)62-50(48-61-63(57,58)60-46-45-53(3,4)5)47-59-51(55)43-39-35-32-29-26-24-21-22-25-28-31-34-38-42-49(54)41-37-9-7-2/h8-10,12-13,15-16,18-19,22-27,31-38,42,49-50,54H,6-7,11,14,17,20-21,28-30,39-41,43-48H2,1-5H3/b10-8-,13-12-,16-15-,19-18-,25-22-,26-24-,27-23-,34-31+,35-32-,36-33-,37-9-,42-38+/t49?,50-/m1/s1. The zero-order valence-corrected chi connectivity index (χ0v) is 39.9. The Morgan fingerprint density at radius 3 is 1.48 bits per heavy atom. The summed E-state index contributed by atoms with van der Waals surface area (Å²) in [5.74, 6) is -1.07. The van der Waals surface area contributed by atoms with Crippen LogP contribution in [0.2, 0.25) is 0 Å². The Kier molecular flexibility index (Phi) is 39.1. The molecule has 2 unspecified atom stereocenters. The maximum Gasteiger partial charge on any atom is 0.306 e. The molecule has 0 heterocycles. The molecule has 0 rings (SSSR count). The molecule has 352 valence electrons. The average molecular weight is 894 g/mol. The maximum atomic E-state index is 12.7. The molecule has 0 spiro atoms. The van der Waals surface area contributed by atoms with Crippen LogP contribution in [-0.4, -0.2) is 81.2 Å². The van der Waals surface area contributed by atoms with Crippen LogP contribution in [0.5, 0.6) is 0 Å². The molecule has 0 saturated heterocycles. The van der Waals surface area contributed by atoms with Crippen LogP contribution in [0.4, 0.5) is 0 Å². The fraction of sp³-hybridized carbons (Fsp3) is 0.500. The Balaban J connectivity index is 4.65. The minimum Gasteiger partial charge on any atom is -0.756 e. The van der Waals surface area contributed by atoms with Crippen molar-refractivity contribution in [1.82, 2.24) is 0 Å². The molecule has 0 aromatic heterocycles. The van der Waals surface area contributed by atoms with E-state index >= 15 is 0 Å². The highest BCUT2D eigenvalue weighted by molar-refractivity contribution is 7.45. The summed E-state index contributed by atoms with van der Waals surface area (Å²) in [5.41, 5.74) is 0. The molecule has 0 fully saturated rings. The first-order chi connectivity index (χ1) is 30.4. The zero-order valence-electron chi connectivity index (χ0n) is 39.1. The third-order valence-corrected chi connectivity index (χ3v) is 9.43. The van der Waals surface area contributed by atoms with Gasteiger partial charge in [-0.05, 0) is 83.5 Å². The number of hydrogen-bond donors (Lipinski definition) is 1. The number of aliphatic hydroxyl groups excluding tert-OH is 1. The number of phosphoric ester groups is 1. The van der Waals surface area contributed by atoms with E-state index in [1.165, 1.54) is 0 Å². The largest absolute Gasteiger partial charge is 0.756 e. The van der Waals surface area contributed by atoms with E-state index < -0.39 is 38.6 Å². The number of esters is 2. The predicted octanol–water partition coefficient (Wildman–Crippen LogP) is 11.6. The fourth-order valence-electron chi connectivity index (χ4n) is 4.96. The normalized spacial score (nSPS) is 15.3. The van der Waals surface area contributed by atoms with Gasteiger partial charge in [0, 0.05) is 12.8 Å². The van der Waals surface area contributed by atoms with E-state index in [4.69, 9.17) is 18.5 Å². The average Bonchev–Trinajstić information content (AvgIpc) is 3.23. The van der Waals surface area contributed by atoms with E-state index in [0.717, 1.165) is 64.2 Å². The number of hydrogen-bond acceptors (Lipinski definition) is 9. The Morgan fingerprint density at radius 2 is 1.00 bits per heavy atom. The number of carbonyl (C=O) groups is 2. The van der Waals surface area contributed by atoms with Gasteiger partial charge in [0.15, 0.2) is 6.10 Å². The van der Waals surface area contributed by atoms with Crippen molar-refractivity contribution in [1.29, 1.82) is 0 Å². The molecular formula is C52H80NO9P. The van der Waals surface area contributed by atoms with Gasteiger partial charge in [-0.2, -0.15) is 0 Å². The van der Waals surface area contributed by atoms with Gasteiger partial charge < -0.3 is 33.0 Å². The molecule has 0 aliphatic carbocycles. The first kappa shape index (κ1) is 58.9. The van der Waals surface area contributed by atoms with Crippen LogP contribution in [0.3, 0.4) is 0 Å². The number of phosphoric acid groups is 1. The summed E-state index contributed by atoms with van der Waals surface area (Å²) < 4.78 is 33.7. The molecule has 11 heteroatoms. The number of carbonyl (C=O) groups excluding carboxylic acids is 2. The van der Waals surface area contributed by atoms with Crippen LogP contribution in [0.1, 0.15) is 110 Å². The van der Waals surface area contributed by atoms with E-state index in [0.29, 0.717) is 30.3 Å². The third-order valence-electron chi connectivity index (χ3n) is 8.46. The lowest BCUT2D eigenvalue weighted by Gasteiger charge is -2.28. The summed E-state index contributed by atoms with van der Waals surface area (Å²) in [6.07, 6.45) is 58.1. The van der Waals surface area contributed by atoms with Crippen molar-refractivity contribution < 1.29 is 47.2 Å². The molecule has 0 aliphatic heterocycles. The second-order valence-corrected chi connectivity index (χ2v) is 16.9. The molecular weight excluding hydrogens is 814 g/mol. The van der Waals surface area contributed by atoms with Gasteiger partial charge in [0.25, 0.3) is 7.82 Å². The van der Waals surface area contributed by atoms with Crippen molar-refractivity contribution in [2.24, 2.45) is 0 Å². The van der Waals surface area contributed by atoms with Gasteiger partial charge in [-0.25, -0.2) is 0 Å². The van der Waals surface area contributed by atoms with Crippen molar-refractivity contribution in [2.75, 3.05) is 47.5 Å². The summed E-state index contributed by atoms with van der Waals surface area (Å²) in [4.78, 5) is 37.5. The van der Waals surface area contributed by atoms with Crippen molar-refractivity contribution in [3.05, 3.63) is 146 Å². The topological polar surface area (TPSA) is 131 Å². The molecule has 0 aromatic rings. The summed E-state index contributed by atoms with van der Waals surface area (Å²) in [6, 6.07) is 0. The van der Waals surface area contributed by atoms with E-state index in [-0.39, 0.29) is 26.1 Å². The Labute approximate surface area is 381 Å². The maximum absolute atomic E-state index is 12.7. The molecule has 10 nitrogen and oxygen atoms in total. The molecule has 0 bridgehead atoms. The first-order valence-corrected chi connectivity index (χ1v) is 24.1. The zero-order chi connectivity index (χ0) is 46.5. The number of likely N-dealkylation sites (N-methyl/N-ethyl adjacent to an activating group) is 1. The highest BCUT2D eigenvalue weighted by atomic mass is 31.2. The van der Waals surface area contributed by atoms with Gasteiger partial charge in [-0.15, -0.1) is 0 Å². The van der Waals surface area contributed by atoms with E-state index in [9.17, 15) is 24.2 Å². The van der Waals surface area contributed by atoms with Gasteiger partial charge in [0.05, 0.1) is 33.9 Å². The van der Waals surface area contributed by atoms with Crippen LogP contribution in [0, 0.1) is 0 Å². The Morgan fingerprint density at radius 1 is 0.571 bits per heavy atom. The van der Waals surface area contributed by atoms with Crippen LogP contribution in [0.15, 0.2) is 146 Å². The van der Waals surface area contributed by atoms with Crippen LogP contribution >= 0.6 is 7.82 Å². The highest BCUT2D eigenvalue weighted by Gasteiger charge is 2.21. The number of aliphatic hydroxyl groups is 1. The molecule has 0 aliphatic rings. The quantitative estimate of drug-likeness (QED) is 0.0211. The molecule has 0 amide bonds. The molecule has 3 atom stereocenters. The van der Waals surface area contributed by atoms with Crippen molar-refractivity contribution in [2.45, 2.75) is 122 Å². The lowest BCUT2D eigenvalue weighted by molar-refractivity contribution is -0.870. The lowest BCUT2D eigenvalue weighted by atomic mass is 10.2. The van der Waals surface area contributed by atoms with Gasteiger partial charge in [-0.3, -0.25) is 14.2 Å². The number of allylic oxidation sites excluding steroid dienone is 22. The number of ether oxygens (including phenoxy) is 2. The fourth-order valence-corrected chi connectivity index (χ4v) is 5.69. The summed E-state index contributed by atoms with van der Waals surface area (Å²) in [6.45, 7) is 3.67. The second kappa shape index (κ2) is 41.8. The van der Waals surface area contributed by atoms with Crippen molar-refractivity contribution >= 4 is 19.8 Å². The van der Waals surface area contributed by atoms with Gasteiger partial charge in [-0.1, -0.05) is 160 Å². The summed E-state index contributed by atoms with van der Waals surface area (Å²) >= 11 is 0. The molecule has 0 aromatic carbocycles. The smallest absolute Gasteiger partial charge is 0.306 e. The predicted molar refractivity (Wildman–Crippen MR) is 260 cm³/mol. The summed E-state index contributed by atoms with van der Waals surface area (Å²) in [5, 5.41) is 9.85. The minimum atomic E-state index is -4.68. The Bertz CT molecular complexity index is 1590. The van der Waals surface area contributed by atoms with E-state index in [1.807, 2.05) is 81.9 Å². The first-order valence-electron chi connectivity index (χ1n) is 22.7. The third kappa shape index (κ3) is 45.7. The van der Waals surface area contributed by atoms with Crippen LogP contribution in [0.25, 0.3) is 0 Å². The van der Waals surface area contributed by atoms with Crippen LogP contribution in [-0.2, 0) is 32.7 Å². The van der Waals surface area contributed by atoms with Crippen molar-refractivity contribution in [3.63, 3.8) is 0 Å². The number of quaternary nitrogens is 1. The molecule has 0 radical (unpaired) electrons. The highest BCUT2D eigenvalue weighted by Crippen LogP contribution is 2.38. The molecule has 1 N–H and O–H groups in total. The van der Waals surface area contributed by atoms with Gasteiger partial charge >= 0.3 is 11.9 Å². The monoisotopic (exact) mass is 894 g/mol. The van der Waals surface area contributed by atoms with Crippen molar-refractivity contribution in [3.8, 4) is 0 Å². The van der Waals surface area contributed by atoms with Gasteiger partial charge in [0.1, 0.15) is 19.8 Å². The van der Waals surface area contributed by atoms with E-state index in [1.54, 1.807) is 6.08 Å². The van der Waals surface area contributed by atoms with Gasteiger partial charge in [0.2, 0.25) is 0 Å². The second-order valence-electron chi connectivity index (χ2n) is 15.5. The minimum absolute atomic E-state index is 0.0661. The SMILES string of the molecule is CC/C=C\C/C=C\C/C=C\C/C=C\C/C=C\C/C=C\CCC(=O)O[C@H](COC(=O)CC/C=C\C/C=C\C/C=C\C/C=C/C=C/C(O)C/C=C\CC)COP(=O)([O-])OCC[N+](C)(C)C. The Hall–Kier alpha value is -4.15. The number of nitrogens with zero attached hydrogens (tertiary/aromatic N) is 1. The molecule has 0 saturated carbocycles. The van der Waals surface area contributed by atoms with Crippen LogP contribution < -0.4 is 4.89 Å². The molecule has 63 heavy (non-hydrogen) atoms. The number of rotatable bonds is 38. The van der Waals surface area contributed by atoms with E-state index in [2.05, 4.69) is 92.8 Å². The lowest BCUT2D eigenvalue weighted by Crippen LogP contribution is -2.37. The summed E-state index contributed by atoms with van der Waals surface area (Å²) in [7, 11) is 1.03.